The summed E-state index contributed by atoms with van der Waals surface area (Å²) in [5.74, 6) is -0.697. The first-order valence-corrected chi connectivity index (χ1v) is 6.21. The van der Waals surface area contributed by atoms with Gasteiger partial charge in [-0.3, -0.25) is 9.59 Å². The van der Waals surface area contributed by atoms with Gasteiger partial charge < -0.3 is 10.3 Å². The molecule has 5 nitrogen and oxygen atoms in total. The fourth-order valence-corrected chi connectivity index (χ4v) is 2.51. The highest BCUT2D eigenvalue weighted by atomic mass is 19.1. The van der Waals surface area contributed by atoms with Gasteiger partial charge >= 0.3 is 0 Å². The number of aromatic amines is 1. The number of fused-ring (bicyclic) bond motifs is 1. The largest absolute Gasteiger partial charge is 0.310 e. The van der Waals surface area contributed by atoms with Crippen molar-refractivity contribution in [3.63, 3.8) is 0 Å². The second-order valence-electron chi connectivity index (χ2n) is 4.74. The minimum atomic E-state index is -0.614. The average Bonchev–Trinajstić information content (AvgIpc) is 2.37. The highest BCUT2D eigenvalue weighted by molar-refractivity contribution is 5.94. The summed E-state index contributed by atoms with van der Waals surface area (Å²) in [7, 11) is 0. The van der Waals surface area contributed by atoms with E-state index in [-0.39, 0.29) is 23.7 Å². The van der Waals surface area contributed by atoms with E-state index in [0.717, 1.165) is 0 Å². The predicted octanol–water partition coefficient (Wildman–Crippen LogP) is 1.69. The minimum Gasteiger partial charge on any atom is -0.310 e. The van der Waals surface area contributed by atoms with Crippen LogP contribution >= 0.6 is 0 Å². The standard InChI is InChI=1S/C14H12FN3O2/c1-7-16-13-12(14(20)17-7)9(6-11(19)18-13)8-4-2-3-5-10(8)15/h2-5,9H,6H2,1H3,(H2,16,17,18,19,20)/t9-/m1/s1. The van der Waals surface area contributed by atoms with Crippen molar-refractivity contribution in [3.05, 3.63) is 57.4 Å². The highest BCUT2D eigenvalue weighted by Crippen LogP contribution is 2.34. The fourth-order valence-electron chi connectivity index (χ4n) is 2.51. The summed E-state index contributed by atoms with van der Waals surface area (Å²) in [6.45, 7) is 1.63. The van der Waals surface area contributed by atoms with E-state index in [9.17, 15) is 14.0 Å². The van der Waals surface area contributed by atoms with E-state index in [4.69, 9.17) is 0 Å². The molecule has 0 aliphatic carbocycles. The van der Waals surface area contributed by atoms with E-state index in [1.54, 1.807) is 25.1 Å². The molecule has 1 aliphatic heterocycles. The maximum absolute atomic E-state index is 13.9. The summed E-state index contributed by atoms with van der Waals surface area (Å²) in [6.07, 6.45) is 0.0295. The molecule has 0 saturated heterocycles. The smallest absolute Gasteiger partial charge is 0.256 e. The number of benzene rings is 1. The first kappa shape index (κ1) is 12.5. The van der Waals surface area contributed by atoms with Crippen molar-refractivity contribution in [1.82, 2.24) is 9.97 Å². The van der Waals surface area contributed by atoms with Gasteiger partial charge in [-0.25, -0.2) is 9.37 Å². The quantitative estimate of drug-likeness (QED) is 0.830. The Morgan fingerprint density at radius 1 is 1.30 bits per heavy atom. The topological polar surface area (TPSA) is 74.8 Å². The maximum atomic E-state index is 13.9. The van der Waals surface area contributed by atoms with E-state index in [1.165, 1.54) is 6.07 Å². The number of nitrogens with one attached hydrogen (secondary N) is 2. The van der Waals surface area contributed by atoms with Crippen LogP contribution in [0.4, 0.5) is 10.2 Å². The second-order valence-corrected chi connectivity index (χ2v) is 4.74. The molecule has 0 unspecified atom stereocenters. The number of carbonyl (C=O) groups is 1. The van der Waals surface area contributed by atoms with Crippen LogP contribution in [-0.4, -0.2) is 15.9 Å². The van der Waals surface area contributed by atoms with Crippen LogP contribution in [-0.2, 0) is 4.79 Å². The van der Waals surface area contributed by atoms with E-state index < -0.39 is 11.7 Å². The van der Waals surface area contributed by atoms with E-state index in [2.05, 4.69) is 15.3 Å². The second kappa shape index (κ2) is 4.56. The summed E-state index contributed by atoms with van der Waals surface area (Å²) in [5.41, 5.74) is 0.292. The van der Waals surface area contributed by atoms with Gasteiger partial charge in [0.15, 0.2) is 0 Å². The van der Waals surface area contributed by atoms with E-state index in [0.29, 0.717) is 17.0 Å². The number of carbonyl (C=O) groups excluding carboxylic acids is 1. The third kappa shape index (κ3) is 1.99. The molecular weight excluding hydrogens is 261 g/mol. The molecule has 1 amide bonds. The number of rotatable bonds is 1. The third-order valence-electron chi connectivity index (χ3n) is 3.35. The van der Waals surface area contributed by atoms with Gasteiger partial charge in [0.2, 0.25) is 5.91 Å². The number of H-pyrrole nitrogens is 1. The number of hydrogen-bond donors (Lipinski definition) is 2. The zero-order valence-electron chi connectivity index (χ0n) is 10.7. The van der Waals surface area contributed by atoms with E-state index in [1.807, 2.05) is 0 Å². The number of aryl methyl sites for hydroxylation is 1. The van der Waals surface area contributed by atoms with Crippen LogP contribution in [0.3, 0.4) is 0 Å². The van der Waals surface area contributed by atoms with Gasteiger partial charge in [-0.05, 0) is 18.6 Å². The Hall–Kier alpha value is -2.50. The molecule has 102 valence electrons. The molecular formula is C14H12FN3O2. The molecule has 20 heavy (non-hydrogen) atoms. The molecule has 0 fully saturated rings. The SMILES string of the molecule is Cc1nc2c(c(=O)[nH]1)[C@@H](c1ccccc1F)CC(=O)N2. The zero-order valence-corrected chi connectivity index (χ0v) is 10.7. The Labute approximate surface area is 113 Å². The molecule has 1 aromatic carbocycles. The number of anilines is 1. The van der Waals surface area contributed by atoms with Gasteiger partial charge in [-0.1, -0.05) is 18.2 Å². The van der Waals surface area contributed by atoms with Gasteiger partial charge in [0.25, 0.3) is 5.56 Å². The Morgan fingerprint density at radius 3 is 2.80 bits per heavy atom. The fraction of sp³-hybridized carbons (Fsp3) is 0.214. The average molecular weight is 273 g/mol. The maximum Gasteiger partial charge on any atom is 0.256 e. The van der Waals surface area contributed by atoms with Crippen molar-refractivity contribution in [2.75, 3.05) is 5.32 Å². The number of hydrogen-bond acceptors (Lipinski definition) is 3. The molecule has 2 heterocycles. The van der Waals surface area contributed by atoms with Crippen LogP contribution in [0.5, 0.6) is 0 Å². The summed E-state index contributed by atoms with van der Waals surface area (Å²) < 4.78 is 13.9. The van der Waals surface area contributed by atoms with Crippen LogP contribution in [0.15, 0.2) is 29.1 Å². The molecule has 0 spiro atoms. The summed E-state index contributed by atoms with van der Waals surface area (Å²) >= 11 is 0. The monoisotopic (exact) mass is 273 g/mol. The molecule has 0 radical (unpaired) electrons. The Morgan fingerprint density at radius 2 is 2.05 bits per heavy atom. The first-order valence-electron chi connectivity index (χ1n) is 6.21. The van der Waals surface area contributed by atoms with Crippen molar-refractivity contribution in [2.45, 2.75) is 19.3 Å². The van der Waals surface area contributed by atoms with Crippen LogP contribution in [0.2, 0.25) is 0 Å². The number of aromatic nitrogens is 2. The van der Waals surface area contributed by atoms with Crippen molar-refractivity contribution in [3.8, 4) is 0 Å². The Bertz CT molecular complexity index is 754. The summed E-state index contributed by atoms with van der Waals surface area (Å²) in [6, 6.07) is 6.15. The van der Waals surface area contributed by atoms with Crippen molar-refractivity contribution < 1.29 is 9.18 Å². The lowest BCUT2D eigenvalue weighted by Crippen LogP contribution is -2.31. The van der Waals surface area contributed by atoms with Gasteiger partial charge in [-0.2, -0.15) is 0 Å². The lowest BCUT2D eigenvalue weighted by atomic mass is 9.86. The molecule has 6 heteroatoms. The Kier molecular flexibility index (Phi) is 2.85. The lowest BCUT2D eigenvalue weighted by molar-refractivity contribution is -0.116. The molecule has 1 aliphatic rings. The Balaban J connectivity index is 2.23. The molecule has 1 atom stereocenters. The normalized spacial score (nSPS) is 17.5. The first-order chi connectivity index (χ1) is 9.56. The molecule has 0 saturated carbocycles. The van der Waals surface area contributed by atoms with Crippen molar-refractivity contribution in [1.29, 1.82) is 0 Å². The highest BCUT2D eigenvalue weighted by Gasteiger charge is 2.31. The summed E-state index contributed by atoms with van der Waals surface area (Å²) in [4.78, 5) is 30.6. The van der Waals surface area contributed by atoms with Gasteiger partial charge in [-0.15, -0.1) is 0 Å². The third-order valence-corrected chi connectivity index (χ3v) is 3.35. The number of nitrogens with zero attached hydrogens (tertiary/aromatic N) is 1. The molecule has 0 bridgehead atoms. The van der Waals surface area contributed by atoms with Gasteiger partial charge in [0, 0.05) is 12.3 Å². The predicted molar refractivity (Wildman–Crippen MR) is 71.1 cm³/mol. The van der Waals surface area contributed by atoms with Crippen LogP contribution in [0.1, 0.15) is 29.3 Å². The minimum absolute atomic E-state index is 0.0295. The molecule has 2 aromatic rings. The van der Waals surface area contributed by atoms with Gasteiger partial charge in [0.1, 0.15) is 17.5 Å². The molecule has 2 N–H and O–H groups in total. The van der Waals surface area contributed by atoms with Crippen LogP contribution in [0, 0.1) is 12.7 Å². The summed E-state index contributed by atoms with van der Waals surface area (Å²) in [5, 5.41) is 2.57. The van der Waals surface area contributed by atoms with Gasteiger partial charge in [0.05, 0.1) is 5.56 Å². The number of amides is 1. The molecule has 3 rings (SSSR count). The van der Waals surface area contributed by atoms with Crippen LogP contribution < -0.4 is 10.9 Å². The van der Waals surface area contributed by atoms with Crippen LogP contribution in [0.25, 0.3) is 0 Å². The lowest BCUT2D eigenvalue weighted by Gasteiger charge is -2.24. The van der Waals surface area contributed by atoms with E-state index >= 15 is 0 Å². The molecule has 1 aromatic heterocycles. The van der Waals surface area contributed by atoms with Crippen molar-refractivity contribution in [2.24, 2.45) is 0 Å². The van der Waals surface area contributed by atoms with Crippen molar-refractivity contribution >= 4 is 11.7 Å². The zero-order chi connectivity index (χ0) is 14.3. The number of halogens is 1.